The number of morpholine rings is 1. The molecule has 4 heterocycles. The van der Waals surface area contributed by atoms with Gasteiger partial charge in [-0.25, -0.2) is 0 Å². The molecule has 4 aromatic rings. The molecule has 0 spiro atoms. The number of halogens is 1. The molecule has 9 heteroatoms. The van der Waals surface area contributed by atoms with E-state index in [1.807, 2.05) is 31.2 Å². The Hall–Kier alpha value is -3.49. The normalized spacial score (nSPS) is 17.9. The predicted octanol–water partition coefficient (Wildman–Crippen LogP) is 4.12. The minimum absolute atomic E-state index is 0.0138. The molecule has 180 valence electrons. The Morgan fingerprint density at radius 2 is 1.86 bits per heavy atom. The molecule has 6 rings (SSSR count). The van der Waals surface area contributed by atoms with Gasteiger partial charge in [0.05, 0.1) is 24.4 Å². The highest BCUT2D eigenvalue weighted by Gasteiger charge is 2.36. The number of carbonyl (C=O) groups excluding carboxylic acids is 2. The van der Waals surface area contributed by atoms with Crippen molar-refractivity contribution in [3.63, 3.8) is 0 Å². The summed E-state index contributed by atoms with van der Waals surface area (Å²) in [7, 11) is 0. The van der Waals surface area contributed by atoms with Crippen LogP contribution in [0.1, 0.15) is 38.0 Å². The van der Waals surface area contributed by atoms with Crippen LogP contribution in [0.3, 0.4) is 0 Å². The number of amides is 2. The van der Waals surface area contributed by atoms with E-state index in [-0.39, 0.29) is 23.5 Å². The molecule has 1 fully saturated rings. The van der Waals surface area contributed by atoms with Gasteiger partial charge in [0.2, 0.25) is 0 Å². The maximum Gasteiger partial charge on any atom is 0.274 e. The number of phenols is 1. The van der Waals surface area contributed by atoms with Crippen LogP contribution in [-0.4, -0.2) is 70.5 Å². The number of aromatic nitrogens is 2. The number of fused-ring (bicyclic) bond motifs is 4. The first-order chi connectivity index (χ1) is 16.9. The van der Waals surface area contributed by atoms with Crippen molar-refractivity contribution in [2.75, 3.05) is 43.6 Å². The van der Waals surface area contributed by atoms with E-state index in [0.717, 1.165) is 22.0 Å². The molecule has 3 N–H and O–H groups in total. The van der Waals surface area contributed by atoms with Crippen molar-refractivity contribution in [3.05, 3.63) is 58.9 Å². The standard InChI is InChI=1S/C26H25ClN4O4/c1-14-2-3-18-15(8-14)9-19(28-18)26(34)31-13-16(12-27)23-17-10-20(25(33)30-4-6-35-7-5-30)29-24(17)22(32)11-21(23)31/h2-3,8-11,16,28-29,32H,4-7,12-13H2,1H3/t16-/m1/s1. The summed E-state index contributed by atoms with van der Waals surface area (Å²) in [4.78, 5) is 36.4. The highest BCUT2D eigenvalue weighted by atomic mass is 35.5. The minimum Gasteiger partial charge on any atom is -0.506 e. The van der Waals surface area contributed by atoms with Gasteiger partial charge in [-0.05, 0) is 36.8 Å². The Kier molecular flexibility index (Phi) is 5.23. The lowest BCUT2D eigenvalue weighted by Crippen LogP contribution is -2.40. The van der Waals surface area contributed by atoms with Gasteiger partial charge in [0.1, 0.15) is 17.1 Å². The number of nitrogens with zero attached hydrogens (tertiary/aromatic N) is 2. The van der Waals surface area contributed by atoms with E-state index in [4.69, 9.17) is 16.3 Å². The average Bonchev–Trinajstić information content (AvgIpc) is 3.58. The fraction of sp³-hybridized carbons (Fsp3) is 0.308. The van der Waals surface area contributed by atoms with E-state index in [2.05, 4.69) is 9.97 Å². The second kappa shape index (κ2) is 8.32. The van der Waals surface area contributed by atoms with Crippen molar-refractivity contribution < 1.29 is 19.4 Å². The highest BCUT2D eigenvalue weighted by molar-refractivity contribution is 6.19. The lowest BCUT2D eigenvalue weighted by Gasteiger charge is -2.26. The van der Waals surface area contributed by atoms with Crippen LogP contribution in [0, 0.1) is 6.92 Å². The number of aryl methyl sites for hydroxylation is 1. The number of ether oxygens (including phenoxy) is 1. The van der Waals surface area contributed by atoms with Gasteiger partial charge in [-0.2, -0.15) is 0 Å². The second-order valence-corrected chi connectivity index (χ2v) is 9.55. The molecular weight excluding hydrogens is 468 g/mol. The number of phenolic OH excluding ortho intramolecular Hbond substituents is 1. The number of alkyl halides is 1. The number of anilines is 1. The summed E-state index contributed by atoms with van der Waals surface area (Å²) in [6.45, 7) is 4.46. The van der Waals surface area contributed by atoms with Crippen molar-refractivity contribution >= 4 is 50.9 Å². The Labute approximate surface area is 206 Å². The van der Waals surface area contributed by atoms with Crippen molar-refractivity contribution in [2.24, 2.45) is 0 Å². The van der Waals surface area contributed by atoms with E-state index in [1.54, 1.807) is 21.9 Å². The first-order valence-corrected chi connectivity index (χ1v) is 12.2. The Balaban J connectivity index is 1.41. The van der Waals surface area contributed by atoms with Crippen molar-refractivity contribution in [1.29, 1.82) is 0 Å². The molecule has 0 unspecified atom stereocenters. The molecule has 2 aromatic carbocycles. The van der Waals surface area contributed by atoms with Gasteiger partial charge in [0.25, 0.3) is 11.8 Å². The van der Waals surface area contributed by atoms with Crippen LogP contribution in [-0.2, 0) is 4.74 Å². The summed E-state index contributed by atoms with van der Waals surface area (Å²) < 4.78 is 5.35. The zero-order valence-corrected chi connectivity index (χ0v) is 20.0. The van der Waals surface area contributed by atoms with Crippen LogP contribution in [0.15, 0.2) is 36.4 Å². The van der Waals surface area contributed by atoms with E-state index in [9.17, 15) is 14.7 Å². The maximum atomic E-state index is 13.6. The van der Waals surface area contributed by atoms with Gasteiger partial charge in [-0.1, -0.05) is 11.6 Å². The fourth-order valence-electron chi connectivity index (χ4n) is 5.23. The lowest BCUT2D eigenvalue weighted by molar-refractivity contribution is 0.0299. The largest absolute Gasteiger partial charge is 0.506 e. The summed E-state index contributed by atoms with van der Waals surface area (Å²) in [6, 6.07) is 11.2. The number of nitrogens with one attached hydrogen (secondary N) is 2. The number of rotatable bonds is 3. The molecular formula is C26H25ClN4O4. The van der Waals surface area contributed by atoms with E-state index < -0.39 is 0 Å². The molecule has 0 bridgehead atoms. The van der Waals surface area contributed by atoms with Crippen LogP contribution in [0.2, 0.25) is 0 Å². The molecule has 0 aliphatic carbocycles. The van der Waals surface area contributed by atoms with Crippen LogP contribution < -0.4 is 4.90 Å². The third kappa shape index (κ3) is 3.56. The molecule has 1 saturated heterocycles. The lowest BCUT2D eigenvalue weighted by atomic mass is 9.98. The van der Waals surface area contributed by atoms with Gasteiger partial charge < -0.3 is 29.6 Å². The highest BCUT2D eigenvalue weighted by Crippen LogP contribution is 2.46. The monoisotopic (exact) mass is 492 g/mol. The maximum absolute atomic E-state index is 13.6. The Bertz CT molecular complexity index is 1480. The summed E-state index contributed by atoms with van der Waals surface area (Å²) in [5, 5.41) is 12.5. The third-order valence-corrected chi connectivity index (χ3v) is 7.35. The van der Waals surface area contributed by atoms with Crippen LogP contribution in [0.5, 0.6) is 5.75 Å². The number of aromatic hydroxyl groups is 1. The zero-order valence-electron chi connectivity index (χ0n) is 19.2. The van der Waals surface area contributed by atoms with Gasteiger partial charge in [0, 0.05) is 53.8 Å². The third-order valence-electron chi connectivity index (χ3n) is 6.98. The van der Waals surface area contributed by atoms with Crippen LogP contribution in [0.25, 0.3) is 21.8 Å². The average molecular weight is 493 g/mol. The van der Waals surface area contributed by atoms with Crippen molar-refractivity contribution in [1.82, 2.24) is 14.9 Å². The first-order valence-electron chi connectivity index (χ1n) is 11.7. The molecule has 2 aromatic heterocycles. The fourth-order valence-corrected chi connectivity index (χ4v) is 5.48. The molecule has 2 aliphatic heterocycles. The van der Waals surface area contributed by atoms with Gasteiger partial charge in [0.15, 0.2) is 0 Å². The zero-order chi connectivity index (χ0) is 24.3. The SMILES string of the molecule is Cc1ccc2[nH]c(C(=O)N3C[C@@H](CCl)c4c3cc(O)c3[nH]c(C(=O)N5CCOCC5)cc43)cc2c1. The van der Waals surface area contributed by atoms with Gasteiger partial charge >= 0.3 is 0 Å². The number of benzene rings is 2. The molecule has 35 heavy (non-hydrogen) atoms. The van der Waals surface area contributed by atoms with Crippen LogP contribution in [0.4, 0.5) is 5.69 Å². The number of aromatic amines is 2. The molecule has 2 amide bonds. The molecule has 2 aliphatic rings. The summed E-state index contributed by atoms with van der Waals surface area (Å²) in [6.07, 6.45) is 0. The predicted molar refractivity (Wildman–Crippen MR) is 135 cm³/mol. The second-order valence-electron chi connectivity index (χ2n) is 9.25. The Morgan fingerprint density at radius 1 is 1.09 bits per heavy atom. The quantitative estimate of drug-likeness (QED) is 0.374. The number of hydrogen-bond donors (Lipinski definition) is 3. The van der Waals surface area contributed by atoms with Gasteiger partial charge in [-0.3, -0.25) is 9.59 Å². The minimum atomic E-state index is -0.188. The number of hydrogen-bond acceptors (Lipinski definition) is 4. The van der Waals surface area contributed by atoms with E-state index in [1.165, 1.54) is 0 Å². The molecule has 1 atom stereocenters. The summed E-state index contributed by atoms with van der Waals surface area (Å²) in [5.41, 5.74) is 4.84. The van der Waals surface area contributed by atoms with Crippen molar-refractivity contribution in [2.45, 2.75) is 12.8 Å². The Morgan fingerprint density at radius 3 is 2.63 bits per heavy atom. The molecule has 0 radical (unpaired) electrons. The van der Waals surface area contributed by atoms with E-state index in [0.29, 0.717) is 66.7 Å². The van der Waals surface area contributed by atoms with Crippen LogP contribution >= 0.6 is 11.6 Å². The first kappa shape index (κ1) is 22.0. The number of carbonyl (C=O) groups is 2. The van der Waals surface area contributed by atoms with E-state index >= 15 is 0 Å². The van der Waals surface area contributed by atoms with Crippen molar-refractivity contribution in [3.8, 4) is 5.75 Å². The van der Waals surface area contributed by atoms with Gasteiger partial charge in [-0.15, -0.1) is 11.6 Å². The molecule has 8 nitrogen and oxygen atoms in total. The summed E-state index contributed by atoms with van der Waals surface area (Å²) in [5.74, 6) is -0.168. The smallest absolute Gasteiger partial charge is 0.274 e. The topological polar surface area (TPSA) is 102 Å². The summed E-state index contributed by atoms with van der Waals surface area (Å²) >= 11 is 6.36. The number of H-pyrrole nitrogens is 2. The molecule has 0 saturated carbocycles.